The number of carbonyl (C=O) groups excluding carboxylic acids is 2. The fraction of sp³-hybridized carbons (Fsp3) is 0.200. The monoisotopic (exact) mass is 418 g/mol. The van der Waals surface area contributed by atoms with Crippen LogP contribution in [0.3, 0.4) is 0 Å². The summed E-state index contributed by atoms with van der Waals surface area (Å²) in [6.45, 7) is 4.52. The van der Waals surface area contributed by atoms with Crippen LogP contribution in [0, 0.1) is 0 Å². The summed E-state index contributed by atoms with van der Waals surface area (Å²) in [5.41, 5.74) is 2.40. The molecule has 0 unspecified atom stereocenters. The number of hydrogen-bond donors (Lipinski definition) is 2. The molecule has 0 aromatic heterocycles. The summed E-state index contributed by atoms with van der Waals surface area (Å²) >= 11 is 0. The van der Waals surface area contributed by atoms with E-state index in [0.717, 1.165) is 5.56 Å². The van der Waals surface area contributed by atoms with Crippen molar-refractivity contribution < 1.29 is 19.1 Å². The Kier molecular flexibility index (Phi) is 7.65. The number of carbonyl (C=O) groups is 2. The van der Waals surface area contributed by atoms with Crippen LogP contribution in [-0.2, 0) is 11.2 Å². The summed E-state index contributed by atoms with van der Waals surface area (Å²) in [5, 5.41) is 5.77. The maximum absolute atomic E-state index is 12.6. The molecule has 3 rings (SSSR count). The predicted octanol–water partition coefficient (Wildman–Crippen LogP) is 4.92. The van der Waals surface area contributed by atoms with Crippen molar-refractivity contribution in [3.8, 4) is 11.5 Å². The van der Waals surface area contributed by atoms with Crippen LogP contribution in [0.25, 0.3) is 0 Å². The molecule has 0 bridgehead atoms. The number of anilines is 2. The predicted molar refractivity (Wildman–Crippen MR) is 122 cm³/mol. The van der Waals surface area contributed by atoms with Gasteiger partial charge in [0.05, 0.1) is 31.0 Å². The second-order valence-corrected chi connectivity index (χ2v) is 6.74. The van der Waals surface area contributed by atoms with E-state index in [2.05, 4.69) is 10.6 Å². The van der Waals surface area contributed by atoms with Crippen molar-refractivity contribution in [3.63, 3.8) is 0 Å². The maximum Gasteiger partial charge on any atom is 0.255 e. The van der Waals surface area contributed by atoms with Crippen molar-refractivity contribution >= 4 is 23.2 Å². The highest BCUT2D eigenvalue weighted by Crippen LogP contribution is 2.37. The lowest BCUT2D eigenvalue weighted by Crippen LogP contribution is -2.17. The molecule has 0 heterocycles. The first-order valence-electron chi connectivity index (χ1n) is 10.2. The molecule has 6 heteroatoms. The van der Waals surface area contributed by atoms with Gasteiger partial charge in [0.25, 0.3) is 5.91 Å². The quantitative estimate of drug-likeness (QED) is 0.517. The Morgan fingerprint density at radius 3 is 1.81 bits per heavy atom. The lowest BCUT2D eigenvalue weighted by atomic mass is 10.1. The molecule has 2 amide bonds. The molecule has 0 radical (unpaired) electrons. The van der Waals surface area contributed by atoms with Gasteiger partial charge in [-0.3, -0.25) is 9.59 Å². The SMILES string of the molecule is CCOc1cc(NC(=O)c2ccccc2)c(OCC)cc1NC(=O)Cc1ccccc1. The Morgan fingerprint density at radius 1 is 0.742 bits per heavy atom. The third kappa shape index (κ3) is 6.09. The van der Waals surface area contributed by atoms with Crippen LogP contribution in [0.2, 0.25) is 0 Å². The van der Waals surface area contributed by atoms with E-state index in [1.165, 1.54) is 0 Å². The van der Waals surface area contributed by atoms with Crippen molar-refractivity contribution in [3.05, 3.63) is 83.9 Å². The zero-order chi connectivity index (χ0) is 22.1. The highest BCUT2D eigenvalue weighted by Gasteiger charge is 2.17. The molecule has 31 heavy (non-hydrogen) atoms. The summed E-state index contributed by atoms with van der Waals surface area (Å²) in [5.74, 6) is 0.474. The van der Waals surface area contributed by atoms with Crippen molar-refractivity contribution in [2.45, 2.75) is 20.3 Å². The number of benzene rings is 3. The topological polar surface area (TPSA) is 76.7 Å². The highest BCUT2D eigenvalue weighted by molar-refractivity contribution is 6.05. The van der Waals surface area contributed by atoms with Gasteiger partial charge in [0.2, 0.25) is 5.91 Å². The molecule has 0 spiro atoms. The number of ether oxygens (including phenoxy) is 2. The molecule has 2 N–H and O–H groups in total. The first kappa shape index (κ1) is 21.9. The molecule has 0 atom stereocenters. The van der Waals surface area contributed by atoms with Gasteiger partial charge in [0.1, 0.15) is 11.5 Å². The van der Waals surface area contributed by atoms with Crippen LogP contribution in [0.1, 0.15) is 29.8 Å². The Hall–Kier alpha value is -3.80. The summed E-state index contributed by atoms with van der Waals surface area (Å²) < 4.78 is 11.5. The van der Waals surface area contributed by atoms with Crippen LogP contribution in [-0.4, -0.2) is 25.0 Å². The second-order valence-electron chi connectivity index (χ2n) is 6.74. The lowest BCUT2D eigenvalue weighted by Gasteiger charge is -2.18. The molecule has 0 aliphatic rings. The average molecular weight is 418 g/mol. The highest BCUT2D eigenvalue weighted by atomic mass is 16.5. The number of nitrogens with one attached hydrogen (secondary N) is 2. The van der Waals surface area contributed by atoms with Gasteiger partial charge in [-0.2, -0.15) is 0 Å². The van der Waals surface area contributed by atoms with Crippen molar-refractivity contribution in [1.29, 1.82) is 0 Å². The largest absolute Gasteiger partial charge is 0.492 e. The fourth-order valence-electron chi connectivity index (χ4n) is 3.06. The van der Waals surface area contributed by atoms with E-state index in [0.29, 0.717) is 41.7 Å². The molecule has 0 aliphatic heterocycles. The van der Waals surface area contributed by atoms with Gasteiger partial charge in [-0.1, -0.05) is 48.5 Å². The molecule has 160 valence electrons. The van der Waals surface area contributed by atoms with E-state index in [-0.39, 0.29) is 18.2 Å². The second kappa shape index (κ2) is 10.8. The minimum atomic E-state index is -0.259. The van der Waals surface area contributed by atoms with Crippen molar-refractivity contribution in [2.24, 2.45) is 0 Å². The first-order chi connectivity index (χ1) is 15.1. The van der Waals surface area contributed by atoms with E-state index in [1.54, 1.807) is 36.4 Å². The normalized spacial score (nSPS) is 10.3. The summed E-state index contributed by atoms with van der Waals surface area (Å²) in [6, 6.07) is 21.8. The first-order valence-corrected chi connectivity index (χ1v) is 10.2. The van der Waals surface area contributed by atoms with E-state index in [4.69, 9.17) is 9.47 Å². The van der Waals surface area contributed by atoms with E-state index in [9.17, 15) is 9.59 Å². The third-order valence-corrected chi connectivity index (χ3v) is 4.45. The van der Waals surface area contributed by atoms with Crippen LogP contribution >= 0.6 is 0 Å². The summed E-state index contributed by atoms with van der Waals surface area (Å²) in [7, 11) is 0. The van der Waals surface area contributed by atoms with Crippen molar-refractivity contribution in [1.82, 2.24) is 0 Å². The van der Waals surface area contributed by atoms with E-state index in [1.807, 2.05) is 50.2 Å². The van der Waals surface area contributed by atoms with Crippen LogP contribution in [0.4, 0.5) is 11.4 Å². The van der Waals surface area contributed by atoms with Gasteiger partial charge in [0, 0.05) is 17.7 Å². The third-order valence-electron chi connectivity index (χ3n) is 4.45. The Bertz CT molecular complexity index is 1020. The number of hydrogen-bond acceptors (Lipinski definition) is 4. The van der Waals surface area contributed by atoms with Crippen molar-refractivity contribution in [2.75, 3.05) is 23.8 Å². The zero-order valence-electron chi connectivity index (χ0n) is 17.7. The van der Waals surface area contributed by atoms with Gasteiger partial charge in [-0.05, 0) is 31.5 Å². The molecule has 0 saturated heterocycles. The van der Waals surface area contributed by atoms with Crippen LogP contribution < -0.4 is 20.1 Å². The molecule has 3 aromatic carbocycles. The minimum Gasteiger partial charge on any atom is -0.492 e. The maximum atomic E-state index is 12.6. The fourth-order valence-corrected chi connectivity index (χ4v) is 3.06. The molecule has 0 fully saturated rings. The number of rotatable bonds is 9. The van der Waals surface area contributed by atoms with Crippen LogP contribution in [0.5, 0.6) is 11.5 Å². The van der Waals surface area contributed by atoms with E-state index < -0.39 is 0 Å². The number of amides is 2. The van der Waals surface area contributed by atoms with Gasteiger partial charge in [-0.25, -0.2) is 0 Å². The lowest BCUT2D eigenvalue weighted by molar-refractivity contribution is -0.115. The van der Waals surface area contributed by atoms with Gasteiger partial charge < -0.3 is 20.1 Å². The molecule has 0 saturated carbocycles. The average Bonchev–Trinajstić information content (AvgIpc) is 2.78. The molecular weight excluding hydrogens is 392 g/mol. The summed E-state index contributed by atoms with van der Waals surface area (Å²) in [4.78, 5) is 25.2. The Morgan fingerprint density at radius 2 is 1.26 bits per heavy atom. The standard InChI is InChI=1S/C25H26N2O4/c1-3-30-22-17-21(27-25(29)19-13-9-6-10-14-19)23(31-4-2)16-20(22)26-24(28)15-18-11-7-5-8-12-18/h5-14,16-17H,3-4,15H2,1-2H3,(H,26,28)(H,27,29). The Labute approximate surface area is 182 Å². The minimum absolute atomic E-state index is 0.171. The van der Waals surface area contributed by atoms with E-state index >= 15 is 0 Å². The van der Waals surface area contributed by atoms with Gasteiger partial charge >= 0.3 is 0 Å². The Balaban J connectivity index is 1.86. The molecule has 6 nitrogen and oxygen atoms in total. The van der Waals surface area contributed by atoms with Crippen LogP contribution in [0.15, 0.2) is 72.8 Å². The smallest absolute Gasteiger partial charge is 0.255 e. The zero-order valence-corrected chi connectivity index (χ0v) is 17.7. The molecule has 0 aliphatic carbocycles. The molecular formula is C25H26N2O4. The van der Waals surface area contributed by atoms with Gasteiger partial charge in [-0.15, -0.1) is 0 Å². The van der Waals surface area contributed by atoms with Gasteiger partial charge in [0.15, 0.2) is 0 Å². The summed E-state index contributed by atoms with van der Waals surface area (Å²) in [6.07, 6.45) is 0.239. The molecule has 3 aromatic rings.